The van der Waals surface area contributed by atoms with Gasteiger partial charge in [-0.1, -0.05) is 12.1 Å². The molecule has 0 saturated carbocycles. The third kappa shape index (κ3) is 12.0. The smallest absolute Gasteiger partial charge is 0.317 e. The van der Waals surface area contributed by atoms with E-state index < -0.39 is 17.9 Å². The first-order valence-corrected chi connectivity index (χ1v) is 12.3. The van der Waals surface area contributed by atoms with E-state index in [1.165, 1.54) is 0 Å². The van der Waals surface area contributed by atoms with Gasteiger partial charge in [-0.3, -0.25) is 29.1 Å². The summed E-state index contributed by atoms with van der Waals surface area (Å²) >= 11 is 1.10. The highest BCUT2D eigenvalue weighted by Crippen LogP contribution is 2.18. The summed E-state index contributed by atoms with van der Waals surface area (Å²) in [5, 5.41) is 41.5. The van der Waals surface area contributed by atoms with Crippen LogP contribution in [0.15, 0.2) is 29.2 Å². The van der Waals surface area contributed by atoms with E-state index in [-0.39, 0.29) is 25.7 Å². The summed E-state index contributed by atoms with van der Waals surface area (Å²) in [6.07, 6.45) is 1.41. The van der Waals surface area contributed by atoms with E-state index in [9.17, 15) is 24.6 Å². The molecule has 0 aliphatic carbocycles. The second kappa shape index (κ2) is 15.3. The van der Waals surface area contributed by atoms with E-state index in [2.05, 4.69) is 10.2 Å². The van der Waals surface area contributed by atoms with Crippen molar-refractivity contribution < 1.29 is 29.7 Å². The number of thioether (sulfide) groups is 1. The van der Waals surface area contributed by atoms with Crippen molar-refractivity contribution in [3.8, 4) is 5.40 Å². The van der Waals surface area contributed by atoms with Gasteiger partial charge in [-0.2, -0.15) is 5.26 Å². The standard InChI is InChI=1S/C23H33N5O6S/c24-17-35-20-5-2-18(3-6-20)1-4-19(25-13-21(29)30)14-26-7-9-27(15-22(31)32)11-12-28(10-8-26)16-23(33)34/h2-3,5-6,19,25H,1,4,7-16H2,(H,29,30)(H,31,32)(H,33,34). The molecule has 1 aromatic rings. The highest BCUT2D eigenvalue weighted by molar-refractivity contribution is 8.03. The van der Waals surface area contributed by atoms with Gasteiger partial charge in [0, 0.05) is 56.8 Å². The lowest BCUT2D eigenvalue weighted by Crippen LogP contribution is -2.46. The molecule has 1 unspecified atom stereocenters. The number of hydrogen-bond donors (Lipinski definition) is 4. The summed E-state index contributed by atoms with van der Waals surface area (Å²) in [4.78, 5) is 40.3. The summed E-state index contributed by atoms with van der Waals surface area (Å²) in [6, 6.07) is 7.57. The molecule has 1 saturated heterocycles. The van der Waals surface area contributed by atoms with Crippen LogP contribution in [-0.4, -0.2) is 119 Å². The fourth-order valence-corrected chi connectivity index (χ4v) is 4.36. The minimum atomic E-state index is -0.947. The maximum atomic E-state index is 11.3. The number of rotatable bonds is 13. The number of nitriles is 1. The molecular formula is C23H33N5O6S. The van der Waals surface area contributed by atoms with Crippen LogP contribution in [0, 0.1) is 10.7 Å². The van der Waals surface area contributed by atoms with Gasteiger partial charge in [-0.25, -0.2) is 0 Å². The third-order valence-electron chi connectivity index (χ3n) is 5.80. The lowest BCUT2D eigenvalue weighted by atomic mass is 10.0. The van der Waals surface area contributed by atoms with Crippen molar-refractivity contribution in [1.82, 2.24) is 20.0 Å². The van der Waals surface area contributed by atoms with Crippen molar-refractivity contribution in [2.24, 2.45) is 0 Å². The molecule has 11 nitrogen and oxygen atoms in total. The number of nitrogens with zero attached hydrogens (tertiary/aromatic N) is 4. The van der Waals surface area contributed by atoms with Crippen LogP contribution in [0.25, 0.3) is 0 Å². The Morgan fingerprint density at radius 3 is 1.86 bits per heavy atom. The normalized spacial score (nSPS) is 17.0. The minimum Gasteiger partial charge on any atom is -0.480 e. The summed E-state index contributed by atoms with van der Waals surface area (Å²) in [6.45, 7) is 3.32. The topological polar surface area (TPSA) is 157 Å². The van der Waals surface area contributed by atoms with E-state index in [0.29, 0.717) is 52.2 Å². The van der Waals surface area contributed by atoms with E-state index in [1.807, 2.05) is 29.7 Å². The average Bonchev–Trinajstić information content (AvgIpc) is 2.88. The van der Waals surface area contributed by atoms with Crippen LogP contribution in [0.4, 0.5) is 0 Å². The van der Waals surface area contributed by atoms with Gasteiger partial charge in [0.1, 0.15) is 5.40 Å². The van der Waals surface area contributed by atoms with E-state index in [0.717, 1.165) is 28.6 Å². The molecular weight excluding hydrogens is 474 g/mol. The first kappa shape index (κ1) is 28.5. The first-order valence-electron chi connectivity index (χ1n) is 11.5. The maximum absolute atomic E-state index is 11.3. The Labute approximate surface area is 209 Å². The molecule has 0 amide bonds. The van der Waals surface area contributed by atoms with Crippen LogP contribution in [0.5, 0.6) is 0 Å². The molecule has 35 heavy (non-hydrogen) atoms. The fraction of sp³-hybridized carbons (Fsp3) is 0.565. The lowest BCUT2D eigenvalue weighted by Gasteiger charge is -2.29. The molecule has 1 aliphatic rings. The zero-order chi connectivity index (χ0) is 25.6. The zero-order valence-corrected chi connectivity index (χ0v) is 20.5. The number of carboxylic acid groups (broad SMARTS) is 3. The Kier molecular flexibility index (Phi) is 12.5. The predicted molar refractivity (Wildman–Crippen MR) is 130 cm³/mol. The molecule has 1 atom stereocenters. The summed E-state index contributed by atoms with van der Waals surface area (Å²) in [5.41, 5.74) is 1.08. The highest BCUT2D eigenvalue weighted by atomic mass is 32.2. The van der Waals surface area contributed by atoms with Crippen LogP contribution in [0.2, 0.25) is 0 Å². The average molecular weight is 508 g/mol. The Bertz CT molecular complexity index is 850. The van der Waals surface area contributed by atoms with Gasteiger partial charge in [0.15, 0.2) is 0 Å². The van der Waals surface area contributed by atoms with Gasteiger partial charge < -0.3 is 20.6 Å². The number of thiocyanates is 1. The fourth-order valence-electron chi connectivity index (χ4n) is 3.98. The molecule has 12 heteroatoms. The Hall–Kier alpha value is -2.69. The minimum absolute atomic E-state index is 0.116. The summed E-state index contributed by atoms with van der Waals surface area (Å²) in [5.74, 6) is -2.81. The Morgan fingerprint density at radius 1 is 0.886 bits per heavy atom. The maximum Gasteiger partial charge on any atom is 0.317 e. The predicted octanol–water partition coefficient (Wildman–Crippen LogP) is 0.324. The first-order chi connectivity index (χ1) is 16.7. The third-order valence-corrected chi connectivity index (χ3v) is 6.40. The van der Waals surface area contributed by atoms with Gasteiger partial charge in [0.05, 0.1) is 19.6 Å². The Balaban J connectivity index is 2.05. The van der Waals surface area contributed by atoms with Gasteiger partial charge in [0.2, 0.25) is 0 Å². The highest BCUT2D eigenvalue weighted by Gasteiger charge is 2.21. The molecule has 0 radical (unpaired) electrons. The Morgan fingerprint density at radius 2 is 1.40 bits per heavy atom. The second-order valence-electron chi connectivity index (χ2n) is 8.49. The summed E-state index contributed by atoms with van der Waals surface area (Å²) in [7, 11) is 0. The van der Waals surface area contributed by atoms with E-state index >= 15 is 0 Å². The number of aliphatic carboxylic acids is 3. The van der Waals surface area contributed by atoms with Crippen LogP contribution >= 0.6 is 11.8 Å². The summed E-state index contributed by atoms with van der Waals surface area (Å²) < 4.78 is 0. The number of aryl methyl sites for hydroxylation is 1. The molecule has 1 heterocycles. The van der Waals surface area contributed by atoms with Crippen molar-refractivity contribution in [3.05, 3.63) is 29.8 Å². The number of nitrogens with one attached hydrogen (secondary N) is 1. The number of hydrogen-bond acceptors (Lipinski definition) is 9. The van der Waals surface area contributed by atoms with Gasteiger partial charge in [0.25, 0.3) is 0 Å². The number of benzene rings is 1. The number of carboxylic acids is 3. The second-order valence-corrected chi connectivity index (χ2v) is 9.35. The van der Waals surface area contributed by atoms with Crippen LogP contribution < -0.4 is 5.32 Å². The zero-order valence-electron chi connectivity index (χ0n) is 19.6. The molecule has 0 aromatic heterocycles. The molecule has 1 aliphatic heterocycles. The molecule has 2 rings (SSSR count). The van der Waals surface area contributed by atoms with Crippen molar-refractivity contribution in [2.45, 2.75) is 23.8 Å². The van der Waals surface area contributed by atoms with Gasteiger partial charge in [-0.05, 0) is 42.3 Å². The van der Waals surface area contributed by atoms with Crippen molar-refractivity contribution >= 4 is 29.7 Å². The monoisotopic (exact) mass is 507 g/mol. The molecule has 0 spiro atoms. The van der Waals surface area contributed by atoms with Gasteiger partial charge in [-0.15, -0.1) is 0 Å². The van der Waals surface area contributed by atoms with Crippen LogP contribution in [-0.2, 0) is 20.8 Å². The van der Waals surface area contributed by atoms with Crippen molar-refractivity contribution in [2.75, 3.05) is 65.4 Å². The SMILES string of the molecule is N#CSc1ccc(CCC(CN2CCN(CC(=O)O)CCN(CC(=O)O)CC2)NCC(=O)O)cc1. The van der Waals surface area contributed by atoms with Crippen molar-refractivity contribution in [3.63, 3.8) is 0 Å². The largest absolute Gasteiger partial charge is 0.480 e. The lowest BCUT2D eigenvalue weighted by molar-refractivity contribution is -0.140. The van der Waals surface area contributed by atoms with Crippen molar-refractivity contribution in [1.29, 1.82) is 5.26 Å². The molecule has 1 fully saturated rings. The number of carbonyl (C=O) groups is 3. The molecule has 192 valence electrons. The van der Waals surface area contributed by atoms with E-state index in [4.69, 9.17) is 10.4 Å². The van der Waals surface area contributed by atoms with Crippen LogP contribution in [0.1, 0.15) is 12.0 Å². The quantitative estimate of drug-likeness (QED) is 0.214. The molecule has 1 aromatic carbocycles. The van der Waals surface area contributed by atoms with Gasteiger partial charge >= 0.3 is 17.9 Å². The molecule has 4 N–H and O–H groups in total. The van der Waals surface area contributed by atoms with Crippen LogP contribution in [0.3, 0.4) is 0 Å². The van der Waals surface area contributed by atoms with E-state index in [1.54, 1.807) is 9.80 Å². The molecule has 0 bridgehead atoms.